The standard InChI is InChI=1S/C12H22O2/c1-2-3-4-6-11(13)8-9-12-7-5-10-14-12/h2,11-13H,1,3-10H2. The zero-order valence-electron chi connectivity index (χ0n) is 8.95. The summed E-state index contributed by atoms with van der Waals surface area (Å²) < 4.78 is 5.50. The third-order valence-electron chi connectivity index (χ3n) is 2.79. The van der Waals surface area contributed by atoms with Crippen LogP contribution in [0.15, 0.2) is 12.7 Å². The summed E-state index contributed by atoms with van der Waals surface area (Å²) in [6.07, 6.45) is 9.44. The molecule has 1 rings (SSSR count). The Morgan fingerprint density at radius 1 is 1.50 bits per heavy atom. The molecule has 2 atom stereocenters. The maximum absolute atomic E-state index is 9.65. The second-order valence-electron chi connectivity index (χ2n) is 4.09. The predicted molar refractivity (Wildman–Crippen MR) is 58.3 cm³/mol. The first-order chi connectivity index (χ1) is 6.83. The van der Waals surface area contributed by atoms with Gasteiger partial charge in [0.25, 0.3) is 0 Å². The number of aliphatic hydroxyl groups is 1. The van der Waals surface area contributed by atoms with Gasteiger partial charge in [0.1, 0.15) is 0 Å². The molecule has 0 aromatic heterocycles. The van der Waals surface area contributed by atoms with E-state index in [4.69, 9.17) is 4.74 Å². The van der Waals surface area contributed by atoms with Crippen molar-refractivity contribution in [3.05, 3.63) is 12.7 Å². The molecule has 0 aliphatic carbocycles. The van der Waals surface area contributed by atoms with Gasteiger partial charge in [0, 0.05) is 6.61 Å². The summed E-state index contributed by atoms with van der Waals surface area (Å²) in [5.41, 5.74) is 0. The fourth-order valence-corrected chi connectivity index (χ4v) is 1.89. The zero-order chi connectivity index (χ0) is 10.2. The van der Waals surface area contributed by atoms with E-state index in [0.29, 0.717) is 6.10 Å². The third kappa shape index (κ3) is 4.77. The van der Waals surface area contributed by atoms with Gasteiger partial charge in [0.05, 0.1) is 12.2 Å². The molecule has 0 spiro atoms. The molecule has 1 heterocycles. The molecule has 1 N–H and O–H groups in total. The van der Waals surface area contributed by atoms with E-state index in [0.717, 1.165) is 38.7 Å². The molecule has 0 amide bonds. The summed E-state index contributed by atoms with van der Waals surface area (Å²) in [5.74, 6) is 0. The maximum atomic E-state index is 9.65. The Bertz CT molecular complexity index is 150. The van der Waals surface area contributed by atoms with Crippen molar-refractivity contribution in [2.75, 3.05) is 6.61 Å². The topological polar surface area (TPSA) is 29.5 Å². The van der Waals surface area contributed by atoms with Crippen molar-refractivity contribution in [3.63, 3.8) is 0 Å². The molecule has 0 radical (unpaired) electrons. The number of allylic oxidation sites excluding steroid dienone is 1. The molecule has 0 aromatic rings. The highest BCUT2D eigenvalue weighted by atomic mass is 16.5. The van der Waals surface area contributed by atoms with Gasteiger partial charge >= 0.3 is 0 Å². The number of ether oxygens (including phenoxy) is 1. The van der Waals surface area contributed by atoms with Crippen molar-refractivity contribution in [1.82, 2.24) is 0 Å². The van der Waals surface area contributed by atoms with Crippen LogP contribution in [0.5, 0.6) is 0 Å². The minimum Gasteiger partial charge on any atom is -0.393 e. The molecule has 1 aliphatic heterocycles. The lowest BCUT2D eigenvalue weighted by atomic mass is 10.0. The van der Waals surface area contributed by atoms with E-state index in [9.17, 15) is 5.11 Å². The summed E-state index contributed by atoms with van der Waals surface area (Å²) in [5, 5.41) is 9.65. The van der Waals surface area contributed by atoms with Gasteiger partial charge in [-0.15, -0.1) is 6.58 Å². The molecule has 14 heavy (non-hydrogen) atoms. The fraction of sp³-hybridized carbons (Fsp3) is 0.833. The quantitative estimate of drug-likeness (QED) is 0.503. The molecule has 2 nitrogen and oxygen atoms in total. The minimum atomic E-state index is -0.140. The Labute approximate surface area is 87.0 Å². The van der Waals surface area contributed by atoms with Crippen LogP contribution in [0, 0.1) is 0 Å². The number of hydrogen-bond acceptors (Lipinski definition) is 2. The Balaban J connectivity index is 1.96. The molecule has 1 aliphatic rings. The number of unbranched alkanes of at least 4 members (excludes halogenated alkanes) is 1. The molecule has 82 valence electrons. The first-order valence-electron chi connectivity index (χ1n) is 5.73. The van der Waals surface area contributed by atoms with Crippen LogP contribution < -0.4 is 0 Å². The van der Waals surface area contributed by atoms with Crippen molar-refractivity contribution in [1.29, 1.82) is 0 Å². The highest BCUT2D eigenvalue weighted by molar-refractivity contribution is 4.70. The van der Waals surface area contributed by atoms with Crippen LogP contribution in [-0.4, -0.2) is 23.9 Å². The summed E-state index contributed by atoms with van der Waals surface area (Å²) >= 11 is 0. The van der Waals surface area contributed by atoms with Gasteiger partial charge in [-0.3, -0.25) is 0 Å². The zero-order valence-corrected chi connectivity index (χ0v) is 8.95. The van der Waals surface area contributed by atoms with E-state index in [2.05, 4.69) is 6.58 Å². The van der Waals surface area contributed by atoms with Crippen molar-refractivity contribution < 1.29 is 9.84 Å². The lowest BCUT2D eigenvalue weighted by Crippen LogP contribution is -2.12. The minimum absolute atomic E-state index is 0.140. The van der Waals surface area contributed by atoms with Gasteiger partial charge in [0.15, 0.2) is 0 Å². The second kappa shape index (κ2) is 7.02. The average molecular weight is 198 g/mol. The lowest BCUT2D eigenvalue weighted by molar-refractivity contribution is 0.0785. The summed E-state index contributed by atoms with van der Waals surface area (Å²) in [4.78, 5) is 0. The number of rotatable bonds is 7. The number of hydrogen-bond donors (Lipinski definition) is 1. The van der Waals surface area contributed by atoms with E-state index < -0.39 is 0 Å². The SMILES string of the molecule is C=CCCCC(O)CCC1CCCO1. The van der Waals surface area contributed by atoms with Crippen LogP contribution in [0.3, 0.4) is 0 Å². The van der Waals surface area contributed by atoms with E-state index >= 15 is 0 Å². The Hall–Kier alpha value is -0.340. The molecular formula is C12H22O2. The molecule has 2 unspecified atom stereocenters. The van der Waals surface area contributed by atoms with Gasteiger partial charge in [-0.05, 0) is 44.9 Å². The average Bonchev–Trinajstić information content (AvgIpc) is 2.68. The molecule has 0 bridgehead atoms. The molecular weight excluding hydrogens is 176 g/mol. The normalized spacial score (nSPS) is 23.6. The van der Waals surface area contributed by atoms with Gasteiger partial charge in [-0.25, -0.2) is 0 Å². The molecule has 0 saturated carbocycles. The lowest BCUT2D eigenvalue weighted by Gasteiger charge is -2.13. The highest BCUT2D eigenvalue weighted by Gasteiger charge is 2.16. The van der Waals surface area contributed by atoms with E-state index in [1.54, 1.807) is 0 Å². The summed E-state index contributed by atoms with van der Waals surface area (Å²) in [6.45, 7) is 4.58. The van der Waals surface area contributed by atoms with E-state index in [-0.39, 0.29) is 6.10 Å². The van der Waals surface area contributed by atoms with Gasteiger partial charge in [-0.2, -0.15) is 0 Å². The molecule has 1 saturated heterocycles. The predicted octanol–water partition coefficient (Wildman–Crippen LogP) is 2.66. The van der Waals surface area contributed by atoms with Gasteiger partial charge in [-0.1, -0.05) is 6.08 Å². The molecule has 0 aromatic carbocycles. The van der Waals surface area contributed by atoms with Crippen LogP contribution in [0.4, 0.5) is 0 Å². The van der Waals surface area contributed by atoms with E-state index in [1.165, 1.54) is 12.8 Å². The van der Waals surface area contributed by atoms with Crippen LogP contribution in [0.1, 0.15) is 44.9 Å². The third-order valence-corrected chi connectivity index (χ3v) is 2.79. The monoisotopic (exact) mass is 198 g/mol. The van der Waals surface area contributed by atoms with E-state index in [1.807, 2.05) is 6.08 Å². The fourth-order valence-electron chi connectivity index (χ4n) is 1.89. The summed E-state index contributed by atoms with van der Waals surface area (Å²) in [6, 6.07) is 0. The van der Waals surface area contributed by atoms with Crippen LogP contribution in [0.2, 0.25) is 0 Å². The van der Waals surface area contributed by atoms with Crippen LogP contribution in [-0.2, 0) is 4.74 Å². The van der Waals surface area contributed by atoms with Crippen molar-refractivity contribution >= 4 is 0 Å². The van der Waals surface area contributed by atoms with Crippen molar-refractivity contribution in [2.24, 2.45) is 0 Å². The molecule has 1 fully saturated rings. The Kier molecular flexibility index (Phi) is 5.88. The maximum Gasteiger partial charge on any atom is 0.0577 e. The van der Waals surface area contributed by atoms with Crippen molar-refractivity contribution in [3.8, 4) is 0 Å². The highest BCUT2D eigenvalue weighted by Crippen LogP contribution is 2.18. The Morgan fingerprint density at radius 3 is 3.00 bits per heavy atom. The number of aliphatic hydroxyl groups excluding tert-OH is 1. The summed E-state index contributed by atoms with van der Waals surface area (Å²) in [7, 11) is 0. The first kappa shape index (κ1) is 11.7. The second-order valence-corrected chi connectivity index (χ2v) is 4.09. The van der Waals surface area contributed by atoms with Gasteiger partial charge < -0.3 is 9.84 Å². The Morgan fingerprint density at radius 2 is 2.36 bits per heavy atom. The van der Waals surface area contributed by atoms with Crippen LogP contribution in [0.25, 0.3) is 0 Å². The van der Waals surface area contributed by atoms with Gasteiger partial charge in [0.2, 0.25) is 0 Å². The largest absolute Gasteiger partial charge is 0.393 e. The van der Waals surface area contributed by atoms with Crippen LogP contribution >= 0.6 is 0 Å². The molecule has 2 heteroatoms. The smallest absolute Gasteiger partial charge is 0.0577 e. The first-order valence-corrected chi connectivity index (χ1v) is 5.73. The van der Waals surface area contributed by atoms with Crippen molar-refractivity contribution in [2.45, 2.75) is 57.2 Å².